The Balaban J connectivity index is 2.35. The van der Waals surface area contributed by atoms with E-state index in [9.17, 15) is 8.42 Å². The molecule has 0 bridgehead atoms. The summed E-state index contributed by atoms with van der Waals surface area (Å²) < 4.78 is 29.8. The molecule has 2 rings (SSSR count). The lowest BCUT2D eigenvalue weighted by atomic mass is 10.2. The minimum absolute atomic E-state index is 0.169. The second-order valence-electron chi connectivity index (χ2n) is 4.36. The van der Waals surface area contributed by atoms with E-state index in [-0.39, 0.29) is 15.7 Å². The first-order chi connectivity index (χ1) is 9.96. The molecule has 2 aromatic carbocycles. The highest BCUT2D eigenvalue weighted by Gasteiger charge is 2.18. The Hall–Kier alpha value is -2.03. The SMILES string of the molecule is COc1cccc(S(=O)(=O)Cc2ccc(C#N)cc2Cl)c1. The highest BCUT2D eigenvalue weighted by Crippen LogP contribution is 2.25. The Morgan fingerprint density at radius 3 is 2.62 bits per heavy atom. The second-order valence-corrected chi connectivity index (χ2v) is 6.75. The summed E-state index contributed by atoms with van der Waals surface area (Å²) >= 11 is 6.02. The molecule has 0 radical (unpaired) electrons. The van der Waals surface area contributed by atoms with Gasteiger partial charge < -0.3 is 4.74 Å². The largest absolute Gasteiger partial charge is 0.497 e. The smallest absolute Gasteiger partial charge is 0.182 e. The van der Waals surface area contributed by atoms with Gasteiger partial charge in [-0.15, -0.1) is 0 Å². The zero-order valence-corrected chi connectivity index (χ0v) is 12.8. The summed E-state index contributed by atoms with van der Waals surface area (Å²) in [6.07, 6.45) is 0. The van der Waals surface area contributed by atoms with E-state index in [0.717, 1.165) is 0 Å². The molecule has 0 atom stereocenters. The fourth-order valence-electron chi connectivity index (χ4n) is 1.82. The molecular formula is C15H12ClNO3S. The molecule has 108 valence electrons. The minimum Gasteiger partial charge on any atom is -0.497 e. The van der Waals surface area contributed by atoms with Crippen LogP contribution in [0.3, 0.4) is 0 Å². The first-order valence-corrected chi connectivity index (χ1v) is 8.04. The van der Waals surface area contributed by atoms with Crippen LogP contribution in [0.4, 0.5) is 0 Å². The van der Waals surface area contributed by atoms with Crippen molar-refractivity contribution in [3.63, 3.8) is 0 Å². The fraction of sp³-hybridized carbons (Fsp3) is 0.133. The Bertz CT molecular complexity index is 810. The normalized spacial score (nSPS) is 10.9. The minimum atomic E-state index is -3.54. The summed E-state index contributed by atoms with van der Waals surface area (Å²) in [5, 5.41) is 9.04. The number of hydrogen-bond acceptors (Lipinski definition) is 4. The van der Waals surface area contributed by atoms with Crippen LogP contribution in [0.1, 0.15) is 11.1 Å². The van der Waals surface area contributed by atoms with Gasteiger partial charge in [0.2, 0.25) is 0 Å². The molecule has 0 saturated heterocycles. The van der Waals surface area contributed by atoms with E-state index in [4.69, 9.17) is 21.6 Å². The molecule has 0 aliphatic carbocycles. The molecule has 0 unspecified atom stereocenters. The number of benzene rings is 2. The van der Waals surface area contributed by atoms with E-state index in [1.54, 1.807) is 24.3 Å². The Morgan fingerprint density at radius 2 is 2.00 bits per heavy atom. The second kappa shape index (κ2) is 6.17. The summed E-state index contributed by atoms with van der Waals surface area (Å²) in [4.78, 5) is 0.169. The number of ether oxygens (including phenoxy) is 1. The van der Waals surface area contributed by atoms with Gasteiger partial charge in [0.15, 0.2) is 9.84 Å². The van der Waals surface area contributed by atoms with Gasteiger partial charge in [0, 0.05) is 5.02 Å². The molecule has 0 aliphatic heterocycles. The van der Waals surface area contributed by atoms with Crippen LogP contribution in [-0.4, -0.2) is 15.5 Å². The first-order valence-electron chi connectivity index (χ1n) is 6.01. The highest BCUT2D eigenvalue weighted by atomic mass is 35.5. The molecule has 0 aliphatic rings. The van der Waals surface area contributed by atoms with E-state index < -0.39 is 9.84 Å². The average molecular weight is 322 g/mol. The van der Waals surface area contributed by atoms with Crippen molar-refractivity contribution in [3.05, 3.63) is 58.6 Å². The van der Waals surface area contributed by atoms with Gasteiger partial charge in [-0.1, -0.05) is 23.7 Å². The van der Waals surface area contributed by atoms with Crippen molar-refractivity contribution in [3.8, 4) is 11.8 Å². The predicted octanol–water partition coefficient (Wildman–Crippen LogP) is 3.19. The lowest BCUT2D eigenvalue weighted by Crippen LogP contribution is -2.05. The van der Waals surface area contributed by atoms with Crippen LogP contribution >= 0.6 is 11.6 Å². The lowest BCUT2D eigenvalue weighted by molar-refractivity contribution is 0.413. The number of methoxy groups -OCH3 is 1. The average Bonchev–Trinajstić information content (AvgIpc) is 2.49. The summed E-state index contributed by atoms with van der Waals surface area (Å²) in [6, 6.07) is 12.8. The Labute approximate surface area is 128 Å². The van der Waals surface area contributed by atoms with Crippen LogP contribution in [0.25, 0.3) is 0 Å². The summed E-state index contributed by atoms with van der Waals surface area (Å²) in [6.45, 7) is 0. The third-order valence-electron chi connectivity index (χ3n) is 2.93. The topological polar surface area (TPSA) is 67.2 Å². The maximum absolute atomic E-state index is 12.4. The lowest BCUT2D eigenvalue weighted by Gasteiger charge is -2.08. The van der Waals surface area contributed by atoms with Crippen molar-refractivity contribution in [2.24, 2.45) is 0 Å². The maximum Gasteiger partial charge on any atom is 0.182 e. The van der Waals surface area contributed by atoms with Gasteiger partial charge in [-0.2, -0.15) is 5.26 Å². The molecule has 0 saturated carbocycles. The van der Waals surface area contributed by atoms with Crippen molar-refractivity contribution in [2.75, 3.05) is 7.11 Å². The van der Waals surface area contributed by atoms with Gasteiger partial charge in [-0.25, -0.2) is 8.42 Å². The van der Waals surface area contributed by atoms with Crippen LogP contribution in [0.15, 0.2) is 47.4 Å². The van der Waals surface area contributed by atoms with Gasteiger partial charge in [-0.3, -0.25) is 0 Å². The summed E-state index contributed by atoms with van der Waals surface area (Å²) in [5.41, 5.74) is 0.848. The standard InChI is InChI=1S/C15H12ClNO3S/c1-20-13-3-2-4-14(8-13)21(18,19)10-12-6-5-11(9-17)7-15(12)16/h2-8H,10H2,1H3. The zero-order chi connectivity index (χ0) is 15.5. The molecule has 0 fully saturated rings. The quantitative estimate of drug-likeness (QED) is 0.867. The molecule has 0 heterocycles. The van der Waals surface area contributed by atoms with Crippen molar-refractivity contribution < 1.29 is 13.2 Å². The van der Waals surface area contributed by atoms with Crippen molar-refractivity contribution in [1.82, 2.24) is 0 Å². The molecule has 4 nitrogen and oxygen atoms in total. The van der Waals surface area contributed by atoms with Gasteiger partial charge in [-0.05, 0) is 35.9 Å². The third kappa shape index (κ3) is 3.54. The van der Waals surface area contributed by atoms with Gasteiger partial charge in [0.25, 0.3) is 0 Å². The van der Waals surface area contributed by atoms with Crippen LogP contribution in [-0.2, 0) is 15.6 Å². The number of hydrogen-bond donors (Lipinski definition) is 0. The number of sulfone groups is 1. The van der Waals surface area contributed by atoms with E-state index in [0.29, 0.717) is 16.9 Å². The number of nitriles is 1. The molecule has 0 amide bonds. The van der Waals surface area contributed by atoms with Crippen LogP contribution < -0.4 is 4.74 Å². The molecule has 6 heteroatoms. The molecule has 2 aromatic rings. The van der Waals surface area contributed by atoms with Crippen molar-refractivity contribution in [1.29, 1.82) is 5.26 Å². The van der Waals surface area contributed by atoms with E-state index in [2.05, 4.69) is 0 Å². The van der Waals surface area contributed by atoms with Crippen LogP contribution in [0.5, 0.6) is 5.75 Å². The fourth-order valence-corrected chi connectivity index (χ4v) is 3.55. The number of halogens is 1. The maximum atomic E-state index is 12.4. The van der Waals surface area contributed by atoms with Crippen molar-refractivity contribution >= 4 is 21.4 Å². The van der Waals surface area contributed by atoms with Gasteiger partial charge in [0.05, 0.1) is 29.4 Å². The predicted molar refractivity (Wildman–Crippen MR) is 80.1 cm³/mol. The molecule has 0 spiro atoms. The molecule has 21 heavy (non-hydrogen) atoms. The highest BCUT2D eigenvalue weighted by molar-refractivity contribution is 7.90. The monoisotopic (exact) mass is 321 g/mol. The molecule has 0 N–H and O–H groups in total. The van der Waals surface area contributed by atoms with E-state index in [1.165, 1.54) is 25.3 Å². The molecular weight excluding hydrogens is 310 g/mol. The molecule has 0 aromatic heterocycles. The van der Waals surface area contributed by atoms with E-state index in [1.807, 2.05) is 6.07 Å². The summed E-state index contributed by atoms with van der Waals surface area (Å²) in [7, 11) is -2.06. The van der Waals surface area contributed by atoms with Crippen LogP contribution in [0.2, 0.25) is 5.02 Å². The van der Waals surface area contributed by atoms with Gasteiger partial charge in [0.1, 0.15) is 5.75 Å². The third-order valence-corrected chi connectivity index (χ3v) is 4.94. The van der Waals surface area contributed by atoms with Crippen molar-refractivity contribution in [2.45, 2.75) is 10.6 Å². The number of rotatable bonds is 4. The van der Waals surface area contributed by atoms with Crippen LogP contribution in [0, 0.1) is 11.3 Å². The Morgan fingerprint density at radius 1 is 1.24 bits per heavy atom. The summed E-state index contributed by atoms with van der Waals surface area (Å²) in [5.74, 6) is 0.243. The first kappa shape index (κ1) is 15.4. The number of nitrogens with zero attached hydrogens (tertiary/aromatic N) is 1. The Kier molecular flexibility index (Phi) is 4.51. The van der Waals surface area contributed by atoms with Gasteiger partial charge >= 0.3 is 0 Å². The zero-order valence-electron chi connectivity index (χ0n) is 11.2. The van der Waals surface area contributed by atoms with E-state index >= 15 is 0 Å².